The Kier molecular flexibility index (Phi) is 3.36. The van der Waals surface area contributed by atoms with Gasteiger partial charge in [0.1, 0.15) is 0 Å². The smallest absolute Gasteiger partial charge is 0.183 e. The summed E-state index contributed by atoms with van der Waals surface area (Å²) in [4.78, 5) is 0.303. The highest BCUT2D eigenvalue weighted by Gasteiger charge is 2.68. The predicted octanol–water partition coefficient (Wildman–Crippen LogP) is 1.28. The lowest BCUT2D eigenvalue weighted by Gasteiger charge is -2.08. The van der Waals surface area contributed by atoms with E-state index < -0.39 is 20.6 Å². The molecular formula is C16H18N2O2S. The van der Waals surface area contributed by atoms with E-state index in [1.807, 2.05) is 30.3 Å². The molecule has 4 nitrogen and oxygen atoms in total. The Morgan fingerprint density at radius 2 is 1.48 bits per heavy atom. The van der Waals surface area contributed by atoms with E-state index in [0.29, 0.717) is 4.90 Å². The number of sulfone groups is 1. The molecule has 0 saturated heterocycles. The van der Waals surface area contributed by atoms with Gasteiger partial charge < -0.3 is 11.5 Å². The first-order valence-electron chi connectivity index (χ1n) is 6.84. The topological polar surface area (TPSA) is 86.2 Å². The van der Waals surface area contributed by atoms with Crippen molar-refractivity contribution in [1.29, 1.82) is 0 Å². The van der Waals surface area contributed by atoms with Crippen molar-refractivity contribution >= 4 is 9.84 Å². The third kappa shape index (κ3) is 2.18. The SMILES string of the molecule is NC[C@]1(N)[C@H](c2ccccc2)[C@@H]1S(=O)(=O)c1ccccc1. The van der Waals surface area contributed by atoms with Crippen molar-refractivity contribution in [1.82, 2.24) is 0 Å². The van der Waals surface area contributed by atoms with Gasteiger partial charge in [-0.15, -0.1) is 0 Å². The van der Waals surface area contributed by atoms with Crippen LogP contribution in [0.3, 0.4) is 0 Å². The maximum absolute atomic E-state index is 12.8. The summed E-state index contributed by atoms with van der Waals surface area (Å²) >= 11 is 0. The van der Waals surface area contributed by atoms with Gasteiger partial charge in [-0.2, -0.15) is 0 Å². The minimum Gasteiger partial charge on any atom is -0.329 e. The summed E-state index contributed by atoms with van der Waals surface area (Å²) in [5.41, 5.74) is 12.1. The van der Waals surface area contributed by atoms with Crippen LogP contribution in [0.15, 0.2) is 65.6 Å². The molecule has 1 fully saturated rings. The van der Waals surface area contributed by atoms with E-state index in [9.17, 15) is 8.42 Å². The molecule has 1 aliphatic carbocycles. The second-order valence-electron chi connectivity index (χ2n) is 5.48. The quantitative estimate of drug-likeness (QED) is 0.891. The van der Waals surface area contributed by atoms with Crippen LogP contribution in [0.2, 0.25) is 0 Å². The second-order valence-corrected chi connectivity index (χ2v) is 7.55. The first-order chi connectivity index (χ1) is 10.0. The Morgan fingerprint density at radius 1 is 0.952 bits per heavy atom. The highest BCUT2D eigenvalue weighted by Crippen LogP contribution is 2.54. The van der Waals surface area contributed by atoms with Crippen LogP contribution >= 0.6 is 0 Å². The maximum Gasteiger partial charge on any atom is 0.183 e. The minimum absolute atomic E-state index is 0.142. The molecule has 5 heteroatoms. The molecule has 0 heterocycles. The molecule has 0 radical (unpaired) electrons. The van der Waals surface area contributed by atoms with Gasteiger partial charge in [0.05, 0.1) is 15.7 Å². The van der Waals surface area contributed by atoms with Crippen molar-refractivity contribution in [2.45, 2.75) is 21.6 Å². The Morgan fingerprint density at radius 3 is 2.00 bits per heavy atom. The Labute approximate surface area is 124 Å². The van der Waals surface area contributed by atoms with Crippen LogP contribution in [0.1, 0.15) is 11.5 Å². The molecule has 0 bridgehead atoms. The van der Waals surface area contributed by atoms with E-state index in [4.69, 9.17) is 11.5 Å². The van der Waals surface area contributed by atoms with Crippen LogP contribution in [0.25, 0.3) is 0 Å². The maximum atomic E-state index is 12.8. The van der Waals surface area contributed by atoms with Gasteiger partial charge in [0.2, 0.25) is 0 Å². The first-order valence-corrected chi connectivity index (χ1v) is 8.39. The summed E-state index contributed by atoms with van der Waals surface area (Å²) in [6.07, 6.45) is 0. The lowest BCUT2D eigenvalue weighted by Crippen LogP contribution is -2.39. The average molecular weight is 302 g/mol. The van der Waals surface area contributed by atoms with Crippen LogP contribution in [0.4, 0.5) is 0 Å². The molecule has 1 saturated carbocycles. The number of benzene rings is 2. The van der Waals surface area contributed by atoms with Crippen molar-refractivity contribution in [3.05, 3.63) is 66.2 Å². The van der Waals surface area contributed by atoms with Gasteiger partial charge in [-0.25, -0.2) is 8.42 Å². The summed E-state index contributed by atoms with van der Waals surface area (Å²) in [5, 5.41) is -0.667. The van der Waals surface area contributed by atoms with Gasteiger partial charge in [0, 0.05) is 12.5 Å². The minimum atomic E-state index is -3.49. The van der Waals surface area contributed by atoms with Crippen molar-refractivity contribution in [2.24, 2.45) is 11.5 Å². The summed E-state index contributed by atoms with van der Waals surface area (Å²) < 4.78 is 25.6. The lowest BCUT2D eigenvalue weighted by molar-refractivity contribution is 0.586. The highest BCUT2D eigenvalue weighted by molar-refractivity contribution is 7.92. The lowest BCUT2D eigenvalue weighted by atomic mass is 10.1. The second kappa shape index (κ2) is 4.94. The van der Waals surface area contributed by atoms with E-state index in [0.717, 1.165) is 5.56 Å². The Hall–Kier alpha value is -1.69. The van der Waals surface area contributed by atoms with Gasteiger partial charge in [0.25, 0.3) is 0 Å². The molecule has 110 valence electrons. The monoisotopic (exact) mass is 302 g/mol. The molecule has 1 aliphatic rings. The number of hydrogen-bond acceptors (Lipinski definition) is 4. The number of rotatable bonds is 4. The highest BCUT2D eigenvalue weighted by atomic mass is 32.2. The fourth-order valence-electron chi connectivity index (χ4n) is 3.04. The van der Waals surface area contributed by atoms with Gasteiger partial charge >= 0.3 is 0 Å². The van der Waals surface area contributed by atoms with E-state index in [1.54, 1.807) is 30.3 Å². The molecule has 4 N–H and O–H groups in total. The normalized spacial score (nSPS) is 28.3. The van der Waals surface area contributed by atoms with Crippen LogP contribution in [0, 0.1) is 0 Å². The van der Waals surface area contributed by atoms with Crippen molar-refractivity contribution in [3.63, 3.8) is 0 Å². The zero-order valence-corrected chi connectivity index (χ0v) is 12.3. The van der Waals surface area contributed by atoms with Gasteiger partial charge in [-0.3, -0.25) is 0 Å². The zero-order chi connectivity index (χ0) is 15.1. The molecule has 21 heavy (non-hydrogen) atoms. The standard InChI is InChI=1S/C16H18N2O2S/c17-11-16(18)14(12-7-3-1-4-8-12)15(16)21(19,20)13-9-5-2-6-10-13/h1-10,14-15H,11,17-18H2/t14-,15+,16+/m1/s1. The summed E-state index contributed by atoms with van der Waals surface area (Å²) in [7, 11) is -3.49. The molecule has 3 rings (SSSR count). The van der Waals surface area contributed by atoms with Gasteiger partial charge in [-0.05, 0) is 17.7 Å². The third-order valence-corrected chi connectivity index (χ3v) is 6.53. The Bertz CT molecular complexity index is 731. The summed E-state index contributed by atoms with van der Waals surface area (Å²) in [6.45, 7) is 0.142. The fourth-order valence-corrected chi connectivity index (χ4v) is 5.38. The van der Waals surface area contributed by atoms with E-state index in [1.165, 1.54) is 0 Å². The predicted molar refractivity (Wildman–Crippen MR) is 82.6 cm³/mol. The fraction of sp³-hybridized carbons (Fsp3) is 0.250. The average Bonchev–Trinajstić information content (AvgIpc) is 3.17. The molecule has 0 amide bonds. The molecular weight excluding hydrogens is 284 g/mol. The van der Waals surface area contributed by atoms with Crippen LogP contribution in [-0.2, 0) is 9.84 Å². The molecule has 3 atom stereocenters. The largest absolute Gasteiger partial charge is 0.329 e. The van der Waals surface area contributed by atoms with Crippen molar-refractivity contribution in [2.75, 3.05) is 6.54 Å². The van der Waals surface area contributed by atoms with E-state index in [2.05, 4.69) is 0 Å². The van der Waals surface area contributed by atoms with E-state index >= 15 is 0 Å². The third-order valence-electron chi connectivity index (χ3n) is 4.22. The van der Waals surface area contributed by atoms with Crippen LogP contribution < -0.4 is 11.5 Å². The molecule has 2 aromatic rings. The number of nitrogens with two attached hydrogens (primary N) is 2. The summed E-state index contributed by atoms with van der Waals surface area (Å²) in [6, 6.07) is 17.9. The van der Waals surface area contributed by atoms with Crippen LogP contribution in [-0.4, -0.2) is 25.8 Å². The summed E-state index contributed by atoms with van der Waals surface area (Å²) in [5.74, 6) is -0.256. The first kappa shape index (κ1) is 14.3. The molecule has 0 aromatic heterocycles. The van der Waals surface area contributed by atoms with Crippen LogP contribution in [0.5, 0.6) is 0 Å². The molecule has 0 unspecified atom stereocenters. The van der Waals surface area contributed by atoms with Crippen molar-refractivity contribution < 1.29 is 8.42 Å². The Balaban J connectivity index is 2.03. The van der Waals surface area contributed by atoms with Crippen molar-refractivity contribution in [3.8, 4) is 0 Å². The van der Waals surface area contributed by atoms with E-state index in [-0.39, 0.29) is 12.5 Å². The van der Waals surface area contributed by atoms with Gasteiger partial charge in [0.15, 0.2) is 9.84 Å². The zero-order valence-electron chi connectivity index (χ0n) is 11.5. The molecule has 2 aromatic carbocycles. The number of hydrogen-bond donors (Lipinski definition) is 2. The van der Waals surface area contributed by atoms with Gasteiger partial charge in [-0.1, -0.05) is 48.5 Å². The molecule has 0 aliphatic heterocycles. The molecule has 0 spiro atoms.